The summed E-state index contributed by atoms with van der Waals surface area (Å²) in [6, 6.07) is 12.5. The molecule has 0 amide bonds. The van der Waals surface area contributed by atoms with Crippen molar-refractivity contribution in [3.05, 3.63) is 48.0 Å². The first kappa shape index (κ1) is 18.5. The second-order valence-electron chi connectivity index (χ2n) is 6.57. The molecule has 1 aliphatic rings. The van der Waals surface area contributed by atoms with Crippen LogP contribution in [0.3, 0.4) is 0 Å². The van der Waals surface area contributed by atoms with Gasteiger partial charge in [-0.25, -0.2) is 8.42 Å². The lowest BCUT2D eigenvalue weighted by Gasteiger charge is -2.34. The molecular formula is C19H25N3O3S. The number of hydrogen-bond donors (Lipinski definition) is 1. The SMILES string of the molecule is COc1ccc(S(=O)(=O)Nc2ccc(N3CCN(C)CC3)cc2)c(C)c1. The van der Waals surface area contributed by atoms with Crippen molar-refractivity contribution >= 4 is 21.4 Å². The van der Waals surface area contributed by atoms with Crippen LogP contribution in [0, 0.1) is 6.92 Å². The highest BCUT2D eigenvalue weighted by Gasteiger charge is 2.18. The molecule has 0 unspecified atom stereocenters. The average molecular weight is 375 g/mol. The fourth-order valence-electron chi connectivity index (χ4n) is 3.07. The molecule has 1 saturated heterocycles. The fourth-order valence-corrected chi connectivity index (χ4v) is 4.35. The lowest BCUT2D eigenvalue weighted by atomic mass is 10.2. The summed E-state index contributed by atoms with van der Waals surface area (Å²) in [4.78, 5) is 4.86. The number of nitrogens with zero attached hydrogens (tertiary/aromatic N) is 2. The molecular weight excluding hydrogens is 350 g/mol. The number of sulfonamides is 1. The number of anilines is 2. The summed E-state index contributed by atoms with van der Waals surface area (Å²) in [6.07, 6.45) is 0. The van der Waals surface area contributed by atoms with Crippen LogP contribution >= 0.6 is 0 Å². The molecule has 0 saturated carbocycles. The first-order valence-corrected chi connectivity index (χ1v) is 10.1. The summed E-state index contributed by atoms with van der Waals surface area (Å²) in [7, 11) is 0.0402. The zero-order valence-electron chi connectivity index (χ0n) is 15.4. The van der Waals surface area contributed by atoms with Crippen LogP contribution in [-0.4, -0.2) is 53.7 Å². The van der Waals surface area contributed by atoms with Crippen molar-refractivity contribution in [2.75, 3.05) is 50.0 Å². The molecule has 7 heteroatoms. The summed E-state index contributed by atoms with van der Waals surface area (Å²) in [5, 5.41) is 0. The normalized spacial score (nSPS) is 15.7. The third kappa shape index (κ3) is 4.11. The molecule has 140 valence electrons. The van der Waals surface area contributed by atoms with E-state index in [0.717, 1.165) is 31.9 Å². The number of likely N-dealkylation sites (N-methyl/N-ethyl adjacent to an activating group) is 1. The van der Waals surface area contributed by atoms with Crippen molar-refractivity contribution in [1.82, 2.24) is 4.90 Å². The van der Waals surface area contributed by atoms with E-state index in [-0.39, 0.29) is 4.90 Å². The Labute approximate surface area is 155 Å². The van der Waals surface area contributed by atoms with E-state index in [0.29, 0.717) is 17.0 Å². The quantitative estimate of drug-likeness (QED) is 0.870. The third-order valence-corrected chi connectivity index (χ3v) is 6.20. The fraction of sp³-hybridized carbons (Fsp3) is 0.368. The van der Waals surface area contributed by atoms with Gasteiger partial charge in [0.1, 0.15) is 5.75 Å². The molecule has 3 rings (SSSR count). The minimum absolute atomic E-state index is 0.251. The van der Waals surface area contributed by atoms with E-state index in [1.54, 1.807) is 32.2 Å². The number of aryl methyl sites for hydroxylation is 1. The van der Waals surface area contributed by atoms with Gasteiger partial charge >= 0.3 is 0 Å². The topological polar surface area (TPSA) is 61.9 Å². The van der Waals surface area contributed by atoms with Crippen molar-refractivity contribution in [3.63, 3.8) is 0 Å². The molecule has 1 aliphatic heterocycles. The van der Waals surface area contributed by atoms with Crippen LogP contribution in [0.1, 0.15) is 5.56 Å². The maximum Gasteiger partial charge on any atom is 0.262 e. The van der Waals surface area contributed by atoms with Crippen LogP contribution in [0.4, 0.5) is 11.4 Å². The van der Waals surface area contributed by atoms with Gasteiger partial charge < -0.3 is 14.5 Å². The van der Waals surface area contributed by atoms with Gasteiger partial charge in [-0.1, -0.05) is 0 Å². The van der Waals surface area contributed by atoms with E-state index in [9.17, 15) is 8.42 Å². The van der Waals surface area contributed by atoms with Gasteiger partial charge in [0.25, 0.3) is 10.0 Å². The van der Waals surface area contributed by atoms with Gasteiger partial charge in [-0.2, -0.15) is 0 Å². The highest BCUT2D eigenvalue weighted by molar-refractivity contribution is 7.92. The summed E-state index contributed by atoms with van der Waals surface area (Å²) in [5.74, 6) is 0.637. The Hall–Kier alpha value is -2.25. The van der Waals surface area contributed by atoms with Crippen molar-refractivity contribution in [1.29, 1.82) is 0 Å². The summed E-state index contributed by atoms with van der Waals surface area (Å²) < 4.78 is 33.1. The Kier molecular flexibility index (Phi) is 5.38. The van der Waals surface area contributed by atoms with Gasteiger partial charge in [0.2, 0.25) is 0 Å². The molecule has 1 fully saturated rings. The van der Waals surface area contributed by atoms with Gasteiger partial charge in [0, 0.05) is 37.6 Å². The number of rotatable bonds is 5. The molecule has 2 aromatic carbocycles. The lowest BCUT2D eigenvalue weighted by Crippen LogP contribution is -2.44. The lowest BCUT2D eigenvalue weighted by molar-refractivity contribution is 0.313. The van der Waals surface area contributed by atoms with E-state index in [4.69, 9.17) is 4.74 Å². The average Bonchev–Trinajstić information content (AvgIpc) is 2.62. The van der Waals surface area contributed by atoms with Crippen LogP contribution in [0.2, 0.25) is 0 Å². The zero-order chi connectivity index (χ0) is 18.7. The number of nitrogens with one attached hydrogen (secondary N) is 1. The molecule has 2 aromatic rings. The zero-order valence-corrected chi connectivity index (χ0v) is 16.2. The first-order chi connectivity index (χ1) is 12.4. The van der Waals surface area contributed by atoms with E-state index in [1.807, 2.05) is 24.3 Å². The van der Waals surface area contributed by atoms with Crippen LogP contribution in [0.25, 0.3) is 0 Å². The minimum atomic E-state index is -3.64. The number of piperazine rings is 1. The van der Waals surface area contributed by atoms with Gasteiger partial charge in [0.05, 0.1) is 12.0 Å². The monoisotopic (exact) mass is 375 g/mol. The molecule has 26 heavy (non-hydrogen) atoms. The van der Waals surface area contributed by atoms with Crippen molar-refractivity contribution in [3.8, 4) is 5.75 Å². The van der Waals surface area contributed by atoms with E-state index >= 15 is 0 Å². The molecule has 6 nitrogen and oxygen atoms in total. The van der Waals surface area contributed by atoms with Gasteiger partial charge in [-0.3, -0.25) is 4.72 Å². The molecule has 0 aromatic heterocycles. The van der Waals surface area contributed by atoms with Crippen LogP contribution in [-0.2, 0) is 10.0 Å². The largest absolute Gasteiger partial charge is 0.497 e. The molecule has 0 radical (unpaired) electrons. The Bertz CT molecular complexity index is 858. The molecule has 0 atom stereocenters. The number of ether oxygens (including phenoxy) is 1. The van der Waals surface area contributed by atoms with E-state index in [2.05, 4.69) is 21.6 Å². The van der Waals surface area contributed by atoms with Crippen molar-refractivity contribution in [2.45, 2.75) is 11.8 Å². The number of hydrogen-bond acceptors (Lipinski definition) is 5. The Morgan fingerprint density at radius 2 is 1.65 bits per heavy atom. The third-order valence-electron chi connectivity index (χ3n) is 4.66. The molecule has 0 spiro atoms. The molecule has 0 bridgehead atoms. The Morgan fingerprint density at radius 1 is 1.00 bits per heavy atom. The minimum Gasteiger partial charge on any atom is -0.497 e. The highest BCUT2D eigenvalue weighted by atomic mass is 32.2. The molecule has 1 heterocycles. The van der Waals surface area contributed by atoms with E-state index < -0.39 is 10.0 Å². The second-order valence-corrected chi connectivity index (χ2v) is 8.22. The second kappa shape index (κ2) is 7.55. The standard InChI is InChI=1S/C19H25N3O3S/c1-15-14-18(25-3)8-9-19(15)26(23,24)20-16-4-6-17(7-5-16)22-12-10-21(2)11-13-22/h4-9,14,20H,10-13H2,1-3H3. The Balaban J connectivity index is 1.74. The smallest absolute Gasteiger partial charge is 0.262 e. The maximum atomic E-state index is 12.7. The van der Waals surface area contributed by atoms with Crippen LogP contribution in [0.5, 0.6) is 5.75 Å². The Morgan fingerprint density at radius 3 is 2.23 bits per heavy atom. The van der Waals surface area contributed by atoms with Crippen LogP contribution in [0.15, 0.2) is 47.4 Å². The highest BCUT2D eigenvalue weighted by Crippen LogP contribution is 2.25. The number of methoxy groups -OCH3 is 1. The maximum absolute atomic E-state index is 12.7. The van der Waals surface area contributed by atoms with Crippen LogP contribution < -0.4 is 14.4 Å². The van der Waals surface area contributed by atoms with E-state index in [1.165, 1.54) is 0 Å². The molecule has 1 N–H and O–H groups in total. The summed E-state index contributed by atoms with van der Waals surface area (Å²) in [6.45, 7) is 5.78. The molecule has 0 aliphatic carbocycles. The van der Waals surface area contributed by atoms with Gasteiger partial charge in [0.15, 0.2) is 0 Å². The summed E-state index contributed by atoms with van der Waals surface area (Å²) >= 11 is 0. The first-order valence-electron chi connectivity index (χ1n) is 8.60. The van der Waals surface area contributed by atoms with Gasteiger partial charge in [-0.05, 0) is 62.0 Å². The van der Waals surface area contributed by atoms with Gasteiger partial charge in [-0.15, -0.1) is 0 Å². The predicted molar refractivity (Wildman–Crippen MR) is 105 cm³/mol. The number of benzene rings is 2. The summed E-state index contributed by atoms with van der Waals surface area (Å²) in [5.41, 5.74) is 2.31. The van der Waals surface area contributed by atoms with Crippen molar-refractivity contribution < 1.29 is 13.2 Å². The predicted octanol–water partition coefficient (Wildman–Crippen LogP) is 2.56. The van der Waals surface area contributed by atoms with Crippen molar-refractivity contribution in [2.24, 2.45) is 0 Å².